The Labute approximate surface area is 171 Å². The van der Waals surface area contributed by atoms with Crippen LogP contribution in [-0.2, 0) is 10.0 Å². The molecule has 29 heavy (non-hydrogen) atoms. The summed E-state index contributed by atoms with van der Waals surface area (Å²) in [6.45, 7) is 1.49. The minimum atomic E-state index is -3.49. The third-order valence-electron chi connectivity index (χ3n) is 4.60. The minimum Gasteiger partial charge on any atom is -0.364 e. The highest BCUT2D eigenvalue weighted by Crippen LogP contribution is 2.24. The van der Waals surface area contributed by atoms with E-state index in [9.17, 15) is 13.2 Å². The summed E-state index contributed by atoms with van der Waals surface area (Å²) in [5, 5.41) is 3.37. The van der Waals surface area contributed by atoms with Crippen molar-refractivity contribution in [3.63, 3.8) is 0 Å². The highest BCUT2D eigenvalue weighted by molar-refractivity contribution is 7.89. The Bertz CT molecular complexity index is 1110. The molecule has 1 saturated heterocycles. The molecule has 0 radical (unpaired) electrons. The van der Waals surface area contributed by atoms with E-state index in [1.807, 2.05) is 4.90 Å². The maximum absolute atomic E-state index is 12.7. The van der Waals surface area contributed by atoms with Gasteiger partial charge in [-0.15, -0.1) is 0 Å². The van der Waals surface area contributed by atoms with Gasteiger partial charge in [-0.05, 0) is 23.6 Å². The maximum atomic E-state index is 12.7. The molecule has 0 aliphatic carbocycles. The van der Waals surface area contributed by atoms with Gasteiger partial charge in [0.25, 0.3) is 5.91 Å². The van der Waals surface area contributed by atoms with Crippen LogP contribution in [0.3, 0.4) is 0 Å². The fourth-order valence-electron chi connectivity index (χ4n) is 3.10. The van der Waals surface area contributed by atoms with Crippen molar-refractivity contribution in [1.29, 1.82) is 0 Å². The number of nitrogens with zero attached hydrogens (tertiary/aromatic N) is 5. The lowest BCUT2D eigenvalue weighted by molar-refractivity contribution is 0.0996. The Hall–Kier alpha value is -2.89. The predicted octanol–water partition coefficient (Wildman–Crippen LogP) is 1.21. The van der Waals surface area contributed by atoms with E-state index in [0.717, 1.165) is 0 Å². The highest BCUT2D eigenvalue weighted by Gasteiger charge is 2.29. The quantitative estimate of drug-likeness (QED) is 0.645. The first kappa shape index (κ1) is 19.4. The average Bonchev–Trinajstić information content (AvgIpc) is 3.30. The number of primary amides is 1. The molecule has 3 aromatic rings. The molecule has 4 heterocycles. The van der Waals surface area contributed by atoms with E-state index in [1.54, 1.807) is 47.4 Å². The summed E-state index contributed by atoms with van der Waals surface area (Å²) < 4.78 is 26.8. The molecule has 0 aromatic carbocycles. The van der Waals surface area contributed by atoms with Gasteiger partial charge in [-0.3, -0.25) is 9.78 Å². The lowest BCUT2D eigenvalue weighted by atomic mass is 10.2. The number of amides is 1. The number of aromatic nitrogens is 3. The van der Waals surface area contributed by atoms with E-state index >= 15 is 0 Å². The second-order valence-corrected chi connectivity index (χ2v) is 9.07. The number of sulfonamides is 1. The zero-order chi connectivity index (χ0) is 20.4. The van der Waals surface area contributed by atoms with Crippen LogP contribution in [0.15, 0.2) is 52.3 Å². The number of hydrogen-bond acceptors (Lipinski definition) is 8. The van der Waals surface area contributed by atoms with Gasteiger partial charge in [-0.1, -0.05) is 6.07 Å². The van der Waals surface area contributed by atoms with Gasteiger partial charge in [0.15, 0.2) is 5.69 Å². The predicted molar refractivity (Wildman–Crippen MR) is 109 cm³/mol. The first-order valence-electron chi connectivity index (χ1n) is 8.82. The van der Waals surface area contributed by atoms with Crippen LogP contribution in [0.4, 0.5) is 5.82 Å². The zero-order valence-electron chi connectivity index (χ0n) is 15.3. The number of thiophene rings is 1. The van der Waals surface area contributed by atoms with Crippen LogP contribution in [0.25, 0.3) is 11.4 Å². The van der Waals surface area contributed by atoms with Crippen LogP contribution in [0.5, 0.6) is 0 Å². The van der Waals surface area contributed by atoms with Crippen LogP contribution in [-0.4, -0.2) is 59.8 Å². The molecule has 0 saturated carbocycles. The smallest absolute Gasteiger partial charge is 0.269 e. The molecule has 4 rings (SSSR count). The number of carbonyl (C=O) groups is 1. The summed E-state index contributed by atoms with van der Waals surface area (Å²) in [7, 11) is -3.49. The van der Waals surface area contributed by atoms with E-state index in [0.29, 0.717) is 48.3 Å². The topological polar surface area (TPSA) is 122 Å². The lowest BCUT2D eigenvalue weighted by Gasteiger charge is -2.34. The van der Waals surface area contributed by atoms with Crippen molar-refractivity contribution in [3.05, 3.63) is 53.1 Å². The second kappa shape index (κ2) is 7.85. The SMILES string of the molecule is NC(=O)c1nc(N2CCN(S(=O)(=O)c3ccsc3)CC2)cnc1-c1ccccn1. The molecule has 1 amide bonds. The first-order chi connectivity index (χ1) is 14.0. The summed E-state index contributed by atoms with van der Waals surface area (Å²) in [6.07, 6.45) is 3.16. The Kier molecular flexibility index (Phi) is 5.26. The van der Waals surface area contributed by atoms with Gasteiger partial charge in [-0.2, -0.15) is 15.6 Å². The van der Waals surface area contributed by atoms with E-state index in [2.05, 4.69) is 15.0 Å². The molecule has 2 N–H and O–H groups in total. The van der Waals surface area contributed by atoms with E-state index in [4.69, 9.17) is 5.73 Å². The number of hydrogen-bond donors (Lipinski definition) is 1. The molecule has 9 nitrogen and oxygen atoms in total. The van der Waals surface area contributed by atoms with E-state index < -0.39 is 15.9 Å². The molecule has 11 heteroatoms. The Morgan fingerprint density at radius 3 is 2.52 bits per heavy atom. The second-order valence-electron chi connectivity index (χ2n) is 6.35. The largest absolute Gasteiger partial charge is 0.364 e. The molecular weight excluding hydrogens is 412 g/mol. The van der Waals surface area contributed by atoms with Gasteiger partial charge in [0.1, 0.15) is 11.5 Å². The number of nitrogens with two attached hydrogens (primary N) is 1. The van der Waals surface area contributed by atoms with Crippen LogP contribution in [0.1, 0.15) is 10.5 Å². The Morgan fingerprint density at radius 1 is 1.10 bits per heavy atom. The average molecular weight is 431 g/mol. The summed E-state index contributed by atoms with van der Waals surface area (Å²) >= 11 is 1.35. The van der Waals surface area contributed by atoms with Gasteiger partial charge >= 0.3 is 0 Å². The van der Waals surface area contributed by atoms with Gasteiger partial charge < -0.3 is 10.6 Å². The molecule has 0 atom stereocenters. The van der Waals surface area contributed by atoms with Crippen molar-refractivity contribution in [2.75, 3.05) is 31.1 Å². The fourth-order valence-corrected chi connectivity index (χ4v) is 5.54. The number of anilines is 1. The van der Waals surface area contributed by atoms with Crippen molar-refractivity contribution >= 4 is 33.1 Å². The molecular formula is C18H18N6O3S2. The van der Waals surface area contributed by atoms with Crippen molar-refractivity contribution in [2.45, 2.75) is 4.90 Å². The third-order valence-corrected chi connectivity index (χ3v) is 7.32. The molecule has 0 spiro atoms. The van der Waals surface area contributed by atoms with Crippen molar-refractivity contribution in [2.24, 2.45) is 5.73 Å². The Balaban J connectivity index is 1.55. The number of carbonyl (C=O) groups excluding carboxylic acids is 1. The standard InChI is InChI=1S/C18H18N6O3S2/c19-18(25)17-16(14-3-1-2-5-20-14)21-11-15(22-17)23-6-8-24(9-7-23)29(26,27)13-4-10-28-12-13/h1-5,10-12H,6-9H2,(H2,19,25). The highest BCUT2D eigenvalue weighted by atomic mass is 32.2. The van der Waals surface area contributed by atoms with Crippen molar-refractivity contribution < 1.29 is 13.2 Å². The van der Waals surface area contributed by atoms with E-state index in [-0.39, 0.29) is 5.69 Å². The maximum Gasteiger partial charge on any atom is 0.269 e. The van der Waals surface area contributed by atoms with Crippen LogP contribution < -0.4 is 10.6 Å². The van der Waals surface area contributed by atoms with Gasteiger partial charge in [0.05, 0.1) is 16.8 Å². The van der Waals surface area contributed by atoms with E-state index in [1.165, 1.54) is 15.6 Å². The van der Waals surface area contributed by atoms with Crippen LogP contribution in [0, 0.1) is 0 Å². The summed E-state index contributed by atoms with van der Waals surface area (Å²) in [5.41, 5.74) is 6.37. The fraction of sp³-hybridized carbons (Fsp3) is 0.222. The summed E-state index contributed by atoms with van der Waals surface area (Å²) in [4.78, 5) is 27.1. The third kappa shape index (κ3) is 3.84. The molecule has 3 aromatic heterocycles. The van der Waals surface area contributed by atoms with Crippen LogP contribution >= 0.6 is 11.3 Å². The van der Waals surface area contributed by atoms with Gasteiger partial charge in [0, 0.05) is 37.8 Å². The molecule has 0 unspecified atom stereocenters. The lowest BCUT2D eigenvalue weighted by Crippen LogP contribution is -2.49. The molecule has 1 fully saturated rings. The summed E-state index contributed by atoms with van der Waals surface area (Å²) in [5.74, 6) is -0.218. The van der Waals surface area contributed by atoms with Gasteiger partial charge in [0.2, 0.25) is 10.0 Å². The number of rotatable bonds is 5. The number of pyridine rings is 1. The molecule has 0 bridgehead atoms. The molecule has 1 aliphatic heterocycles. The van der Waals surface area contributed by atoms with Gasteiger partial charge in [-0.25, -0.2) is 18.4 Å². The molecule has 1 aliphatic rings. The van der Waals surface area contributed by atoms with Crippen molar-refractivity contribution in [1.82, 2.24) is 19.3 Å². The first-order valence-corrected chi connectivity index (χ1v) is 11.2. The Morgan fingerprint density at radius 2 is 1.90 bits per heavy atom. The zero-order valence-corrected chi connectivity index (χ0v) is 16.9. The summed E-state index contributed by atoms with van der Waals surface area (Å²) in [6, 6.07) is 6.88. The number of piperazine rings is 1. The monoisotopic (exact) mass is 430 g/mol. The normalized spacial score (nSPS) is 15.4. The van der Waals surface area contributed by atoms with Crippen molar-refractivity contribution in [3.8, 4) is 11.4 Å². The van der Waals surface area contributed by atoms with Crippen LogP contribution in [0.2, 0.25) is 0 Å². The minimum absolute atomic E-state index is 0.0366. The molecule has 150 valence electrons.